The van der Waals surface area contributed by atoms with E-state index in [0.29, 0.717) is 13.0 Å². The molecule has 0 unspecified atom stereocenters. The predicted molar refractivity (Wildman–Crippen MR) is 86.7 cm³/mol. The van der Waals surface area contributed by atoms with Gasteiger partial charge < -0.3 is 15.5 Å². The van der Waals surface area contributed by atoms with Gasteiger partial charge in [-0.3, -0.25) is 4.79 Å². The van der Waals surface area contributed by atoms with E-state index in [2.05, 4.69) is 5.32 Å². The lowest BCUT2D eigenvalue weighted by Gasteiger charge is -2.03. The number of aromatic hydroxyl groups is 2. The minimum atomic E-state index is -0.162. The lowest BCUT2D eigenvalue weighted by molar-refractivity contribution is -0.116. The minimum Gasteiger partial charge on any atom is -0.508 e. The molecule has 1 amide bonds. The van der Waals surface area contributed by atoms with Gasteiger partial charge in [0, 0.05) is 12.6 Å². The van der Waals surface area contributed by atoms with Crippen LogP contribution in [0.5, 0.6) is 11.5 Å². The maximum absolute atomic E-state index is 11.7. The Bertz CT molecular complexity index is 675. The topological polar surface area (TPSA) is 69.6 Å². The third-order valence-electron chi connectivity index (χ3n) is 3.30. The first-order valence-electron chi connectivity index (χ1n) is 7.08. The van der Waals surface area contributed by atoms with E-state index in [4.69, 9.17) is 0 Å². The highest BCUT2D eigenvalue weighted by Crippen LogP contribution is 2.17. The molecule has 0 fully saturated rings. The molecule has 0 aliphatic carbocycles. The average molecular weight is 297 g/mol. The summed E-state index contributed by atoms with van der Waals surface area (Å²) >= 11 is 0. The van der Waals surface area contributed by atoms with Crippen LogP contribution in [0.3, 0.4) is 0 Å². The number of rotatable bonds is 5. The van der Waals surface area contributed by atoms with Crippen LogP contribution in [0, 0.1) is 6.92 Å². The van der Waals surface area contributed by atoms with Gasteiger partial charge in [0.05, 0.1) is 0 Å². The standard InChI is InChI=1S/C18H19NO3/c1-13-12-15(4-8-17(13)21)5-9-18(22)19-11-10-14-2-6-16(20)7-3-14/h2-9,12,20-21H,10-11H2,1H3,(H,19,22)/b9-5-. The van der Waals surface area contributed by atoms with Crippen molar-refractivity contribution >= 4 is 12.0 Å². The van der Waals surface area contributed by atoms with Crippen LogP contribution in [-0.4, -0.2) is 22.7 Å². The van der Waals surface area contributed by atoms with E-state index in [1.807, 2.05) is 25.1 Å². The second-order valence-electron chi connectivity index (χ2n) is 5.09. The molecule has 0 aliphatic heterocycles. The molecule has 4 nitrogen and oxygen atoms in total. The molecule has 0 saturated heterocycles. The van der Waals surface area contributed by atoms with E-state index in [-0.39, 0.29) is 17.4 Å². The van der Waals surface area contributed by atoms with Gasteiger partial charge in [-0.05, 0) is 60.4 Å². The third-order valence-corrected chi connectivity index (χ3v) is 3.30. The number of phenolic OH excluding ortho intramolecular Hbond substituents is 2. The van der Waals surface area contributed by atoms with E-state index in [1.54, 1.807) is 30.3 Å². The van der Waals surface area contributed by atoms with Gasteiger partial charge in [0.2, 0.25) is 5.91 Å². The molecule has 0 saturated carbocycles. The van der Waals surface area contributed by atoms with Crippen LogP contribution in [0.1, 0.15) is 16.7 Å². The molecule has 4 heteroatoms. The summed E-state index contributed by atoms with van der Waals surface area (Å²) in [5.41, 5.74) is 2.69. The number of nitrogens with one attached hydrogen (secondary N) is 1. The SMILES string of the molecule is Cc1cc(/C=C\C(=O)NCCc2ccc(O)cc2)ccc1O. The van der Waals surface area contributed by atoms with Gasteiger partial charge in [-0.2, -0.15) is 0 Å². The van der Waals surface area contributed by atoms with Gasteiger partial charge in [0.1, 0.15) is 11.5 Å². The van der Waals surface area contributed by atoms with Gasteiger partial charge >= 0.3 is 0 Å². The first-order chi connectivity index (χ1) is 10.5. The molecule has 0 atom stereocenters. The van der Waals surface area contributed by atoms with Crippen molar-refractivity contribution in [2.75, 3.05) is 6.54 Å². The number of hydrogen-bond acceptors (Lipinski definition) is 3. The summed E-state index contributed by atoms with van der Waals surface area (Å²) in [6.45, 7) is 2.34. The van der Waals surface area contributed by atoms with Gasteiger partial charge in [-0.1, -0.05) is 18.2 Å². The van der Waals surface area contributed by atoms with E-state index < -0.39 is 0 Å². The van der Waals surface area contributed by atoms with E-state index in [9.17, 15) is 15.0 Å². The zero-order valence-corrected chi connectivity index (χ0v) is 12.4. The Kier molecular flexibility index (Phi) is 5.20. The van der Waals surface area contributed by atoms with Crippen LogP contribution in [-0.2, 0) is 11.2 Å². The van der Waals surface area contributed by atoms with Crippen molar-refractivity contribution < 1.29 is 15.0 Å². The monoisotopic (exact) mass is 297 g/mol. The van der Waals surface area contributed by atoms with Crippen LogP contribution >= 0.6 is 0 Å². The lowest BCUT2D eigenvalue weighted by Crippen LogP contribution is -2.23. The minimum absolute atomic E-state index is 0.162. The molecular formula is C18H19NO3. The molecule has 2 aromatic carbocycles. The lowest BCUT2D eigenvalue weighted by atomic mass is 10.1. The zero-order valence-electron chi connectivity index (χ0n) is 12.4. The largest absolute Gasteiger partial charge is 0.508 e. The number of hydrogen-bond donors (Lipinski definition) is 3. The summed E-state index contributed by atoms with van der Waals surface area (Å²) in [4.78, 5) is 11.7. The molecule has 3 N–H and O–H groups in total. The molecule has 2 aromatic rings. The molecule has 0 heterocycles. The quantitative estimate of drug-likeness (QED) is 0.743. The molecule has 22 heavy (non-hydrogen) atoms. The van der Waals surface area contributed by atoms with Crippen LogP contribution in [0.25, 0.3) is 6.08 Å². The van der Waals surface area contributed by atoms with E-state index in [0.717, 1.165) is 16.7 Å². The zero-order chi connectivity index (χ0) is 15.9. The summed E-state index contributed by atoms with van der Waals surface area (Å²) in [5, 5.41) is 21.4. The van der Waals surface area contributed by atoms with Gasteiger partial charge in [0.15, 0.2) is 0 Å². The Balaban J connectivity index is 1.81. The number of carbonyl (C=O) groups excluding carboxylic acids is 1. The normalized spacial score (nSPS) is 10.8. The number of phenols is 2. The molecule has 0 spiro atoms. The fourth-order valence-electron chi connectivity index (χ4n) is 2.01. The highest BCUT2D eigenvalue weighted by atomic mass is 16.3. The molecule has 0 aromatic heterocycles. The van der Waals surface area contributed by atoms with Crippen molar-refractivity contribution in [1.82, 2.24) is 5.32 Å². The van der Waals surface area contributed by atoms with Crippen molar-refractivity contribution in [2.45, 2.75) is 13.3 Å². The highest BCUT2D eigenvalue weighted by molar-refractivity contribution is 5.91. The van der Waals surface area contributed by atoms with Crippen LogP contribution in [0.4, 0.5) is 0 Å². The van der Waals surface area contributed by atoms with Crippen molar-refractivity contribution in [3.05, 3.63) is 65.2 Å². The van der Waals surface area contributed by atoms with Gasteiger partial charge in [-0.25, -0.2) is 0 Å². The maximum Gasteiger partial charge on any atom is 0.244 e. The van der Waals surface area contributed by atoms with Crippen molar-refractivity contribution in [3.8, 4) is 11.5 Å². The predicted octanol–water partition coefficient (Wildman–Crippen LogP) is 2.78. The molecule has 0 aliphatic rings. The van der Waals surface area contributed by atoms with Gasteiger partial charge in [-0.15, -0.1) is 0 Å². The molecular weight excluding hydrogens is 278 g/mol. The summed E-state index contributed by atoms with van der Waals surface area (Å²) < 4.78 is 0. The van der Waals surface area contributed by atoms with Crippen LogP contribution in [0.15, 0.2) is 48.5 Å². The summed E-state index contributed by atoms with van der Waals surface area (Å²) in [5.74, 6) is 0.319. The third kappa shape index (κ3) is 4.66. The Hall–Kier alpha value is -2.75. The Labute approximate surface area is 129 Å². The summed E-state index contributed by atoms with van der Waals surface area (Å²) in [6.07, 6.45) is 3.89. The Morgan fingerprint density at radius 2 is 1.86 bits per heavy atom. The molecule has 2 rings (SSSR count). The average Bonchev–Trinajstić information content (AvgIpc) is 2.50. The maximum atomic E-state index is 11.7. The first kappa shape index (κ1) is 15.6. The van der Waals surface area contributed by atoms with E-state index in [1.165, 1.54) is 6.08 Å². The first-order valence-corrected chi connectivity index (χ1v) is 7.08. The van der Waals surface area contributed by atoms with Crippen molar-refractivity contribution in [2.24, 2.45) is 0 Å². The number of benzene rings is 2. The molecule has 0 radical (unpaired) electrons. The smallest absolute Gasteiger partial charge is 0.244 e. The van der Waals surface area contributed by atoms with Crippen molar-refractivity contribution in [3.63, 3.8) is 0 Å². The van der Waals surface area contributed by atoms with Crippen LogP contribution < -0.4 is 5.32 Å². The van der Waals surface area contributed by atoms with Gasteiger partial charge in [0.25, 0.3) is 0 Å². The molecule has 114 valence electrons. The van der Waals surface area contributed by atoms with Crippen LogP contribution in [0.2, 0.25) is 0 Å². The Morgan fingerprint density at radius 3 is 2.55 bits per heavy atom. The highest BCUT2D eigenvalue weighted by Gasteiger charge is 1.99. The van der Waals surface area contributed by atoms with Crippen molar-refractivity contribution in [1.29, 1.82) is 0 Å². The Morgan fingerprint density at radius 1 is 1.14 bits per heavy atom. The summed E-state index contributed by atoms with van der Waals surface area (Å²) in [6, 6.07) is 12.1. The van der Waals surface area contributed by atoms with E-state index >= 15 is 0 Å². The second-order valence-corrected chi connectivity index (χ2v) is 5.09. The number of aryl methyl sites for hydroxylation is 1. The fourth-order valence-corrected chi connectivity index (χ4v) is 2.01. The molecule has 0 bridgehead atoms. The fraction of sp³-hybridized carbons (Fsp3) is 0.167. The number of carbonyl (C=O) groups is 1. The number of amides is 1. The second kappa shape index (κ2) is 7.31. The summed E-state index contributed by atoms with van der Waals surface area (Å²) in [7, 11) is 0.